The predicted molar refractivity (Wildman–Crippen MR) is 62.8 cm³/mol. The lowest BCUT2D eigenvalue weighted by Gasteiger charge is -2.03. The van der Waals surface area contributed by atoms with Gasteiger partial charge in [0.25, 0.3) is 0 Å². The molecule has 2 aromatic rings. The van der Waals surface area contributed by atoms with Crippen LogP contribution < -0.4 is 5.32 Å². The second kappa shape index (κ2) is 4.81. The van der Waals surface area contributed by atoms with Gasteiger partial charge in [-0.05, 0) is 32.2 Å². The van der Waals surface area contributed by atoms with Gasteiger partial charge in [0.05, 0.1) is 5.69 Å². The second-order valence-electron chi connectivity index (χ2n) is 3.57. The van der Waals surface area contributed by atoms with E-state index in [0.29, 0.717) is 5.82 Å². The molecule has 0 saturated carbocycles. The molecule has 0 aliphatic rings. The molecule has 4 nitrogen and oxygen atoms in total. The molecule has 0 aromatic carbocycles. The molecule has 0 atom stereocenters. The zero-order chi connectivity index (χ0) is 11.4. The van der Waals surface area contributed by atoms with Crippen molar-refractivity contribution in [3.63, 3.8) is 0 Å². The van der Waals surface area contributed by atoms with Crippen LogP contribution >= 0.6 is 0 Å². The highest BCUT2D eigenvalue weighted by Crippen LogP contribution is 2.11. The highest BCUT2D eigenvalue weighted by molar-refractivity contribution is 5.48. The number of hydrogen-bond acceptors (Lipinski definition) is 4. The summed E-state index contributed by atoms with van der Waals surface area (Å²) in [6, 6.07) is 7.74. The van der Waals surface area contributed by atoms with E-state index in [4.69, 9.17) is 0 Å². The summed E-state index contributed by atoms with van der Waals surface area (Å²) in [5.74, 6) is 0.677. The lowest BCUT2D eigenvalue weighted by molar-refractivity contribution is 0.787. The van der Waals surface area contributed by atoms with E-state index in [1.807, 2.05) is 38.2 Å². The third kappa shape index (κ3) is 2.41. The van der Waals surface area contributed by atoms with Crippen molar-refractivity contribution in [1.29, 1.82) is 0 Å². The Kier molecular flexibility index (Phi) is 3.22. The number of aryl methyl sites for hydroxylation is 1. The quantitative estimate of drug-likeness (QED) is 0.842. The smallest absolute Gasteiger partial charge is 0.178 e. The molecule has 4 heteroatoms. The molecule has 0 saturated heterocycles. The van der Waals surface area contributed by atoms with Crippen LogP contribution in [0.5, 0.6) is 0 Å². The van der Waals surface area contributed by atoms with E-state index < -0.39 is 0 Å². The Bertz CT molecular complexity index is 482. The minimum atomic E-state index is 0.677. The van der Waals surface area contributed by atoms with Crippen LogP contribution in [0.4, 0.5) is 0 Å². The summed E-state index contributed by atoms with van der Waals surface area (Å²) in [5.41, 5.74) is 2.76. The molecule has 0 radical (unpaired) electrons. The molecule has 16 heavy (non-hydrogen) atoms. The first-order valence-corrected chi connectivity index (χ1v) is 5.20. The molecule has 1 N–H and O–H groups in total. The average molecular weight is 214 g/mol. The van der Waals surface area contributed by atoms with Gasteiger partial charge in [0.15, 0.2) is 5.82 Å². The maximum Gasteiger partial charge on any atom is 0.178 e. The molecule has 0 spiro atoms. The Hall–Kier alpha value is -1.81. The third-order valence-corrected chi connectivity index (χ3v) is 2.19. The molecule has 82 valence electrons. The van der Waals surface area contributed by atoms with Crippen LogP contribution in [-0.4, -0.2) is 22.0 Å². The van der Waals surface area contributed by atoms with Gasteiger partial charge in [0, 0.05) is 18.4 Å². The fourth-order valence-corrected chi connectivity index (χ4v) is 1.47. The summed E-state index contributed by atoms with van der Waals surface area (Å²) < 4.78 is 0. The van der Waals surface area contributed by atoms with Crippen molar-refractivity contribution in [3.05, 3.63) is 41.9 Å². The zero-order valence-electron chi connectivity index (χ0n) is 9.44. The molecule has 0 fully saturated rings. The Labute approximate surface area is 94.8 Å². The number of aromatic nitrogens is 3. The summed E-state index contributed by atoms with van der Waals surface area (Å²) in [4.78, 5) is 13.1. The van der Waals surface area contributed by atoms with Crippen LogP contribution in [0.2, 0.25) is 0 Å². The Morgan fingerprint density at radius 1 is 1.19 bits per heavy atom. The lowest BCUT2D eigenvalue weighted by atomic mass is 10.3. The number of hydrogen-bond donors (Lipinski definition) is 1. The zero-order valence-corrected chi connectivity index (χ0v) is 9.44. The maximum absolute atomic E-state index is 4.44. The molecule has 0 amide bonds. The standard InChI is InChI=1S/C12H14N4/c1-9-4-3-5-11(15-9)12-14-7-6-10(16-12)8-13-2/h3-7,13H,8H2,1-2H3. The molecule has 0 bridgehead atoms. The van der Waals surface area contributed by atoms with Crippen LogP contribution in [-0.2, 0) is 6.54 Å². The van der Waals surface area contributed by atoms with Crippen LogP contribution in [0, 0.1) is 6.92 Å². The number of nitrogens with zero attached hydrogens (tertiary/aromatic N) is 3. The molecule has 0 unspecified atom stereocenters. The van der Waals surface area contributed by atoms with E-state index in [-0.39, 0.29) is 0 Å². The third-order valence-electron chi connectivity index (χ3n) is 2.19. The van der Waals surface area contributed by atoms with Crippen LogP contribution in [0.3, 0.4) is 0 Å². The normalized spacial score (nSPS) is 10.4. The van der Waals surface area contributed by atoms with Gasteiger partial charge in [-0.3, -0.25) is 0 Å². The maximum atomic E-state index is 4.44. The molecular formula is C12H14N4. The number of rotatable bonds is 3. The fraction of sp³-hybridized carbons (Fsp3) is 0.250. The lowest BCUT2D eigenvalue weighted by Crippen LogP contribution is -2.07. The van der Waals surface area contributed by atoms with Crippen LogP contribution in [0.1, 0.15) is 11.4 Å². The molecular weight excluding hydrogens is 200 g/mol. The molecule has 0 aliphatic carbocycles. The highest BCUT2D eigenvalue weighted by atomic mass is 14.9. The summed E-state index contributed by atoms with van der Waals surface area (Å²) in [6.45, 7) is 2.70. The SMILES string of the molecule is CNCc1ccnc(-c2cccc(C)n2)n1. The van der Waals surface area contributed by atoms with Gasteiger partial charge in [-0.15, -0.1) is 0 Å². The monoisotopic (exact) mass is 214 g/mol. The minimum absolute atomic E-state index is 0.677. The first kappa shape index (κ1) is 10.7. The first-order chi connectivity index (χ1) is 7.79. The van der Waals surface area contributed by atoms with Gasteiger partial charge in [-0.1, -0.05) is 6.07 Å². The highest BCUT2D eigenvalue weighted by Gasteiger charge is 2.03. The van der Waals surface area contributed by atoms with Gasteiger partial charge < -0.3 is 5.32 Å². The number of pyridine rings is 1. The Balaban J connectivity index is 2.36. The summed E-state index contributed by atoms with van der Waals surface area (Å²) in [5, 5.41) is 3.06. The van der Waals surface area contributed by atoms with E-state index in [9.17, 15) is 0 Å². The van der Waals surface area contributed by atoms with Crippen molar-refractivity contribution >= 4 is 0 Å². The van der Waals surface area contributed by atoms with Crippen molar-refractivity contribution in [2.45, 2.75) is 13.5 Å². The van der Waals surface area contributed by atoms with E-state index in [0.717, 1.165) is 23.6 Å². The van der Waals surface area contributed by atoms with Gasteiger partial charge in [0.1, 0.15) is 5.69 Å². The van der Waals surface area contributed by atoms with Crippen molar-refractivity contribution in [2.75, 3.05) is 7.05 Å². The largest absolute Gasteiger partial charge is 0.314 e. The summed E-state index contributed by atoms with van der Waals surface area (Å²) >= 11 is 0. The minimum Gasteiger partial charge on any atom is -0.314 e. The van der Waals surface area contributed by atoms with Crippen molar-refractivity contribution in [1.82, 2.24) is 20.3 Å². The van der Waals surface area contributed by atoms with Gasteiger partial charge >= 0.3 is 0 Å². The van der Waals surface area contributed by atoms with Crippen molar-refractivity contribution in [3.8, 4) is 11.5 Å². The van der Waals surface area contributed by atoms with E-state index in [2.05, 4.69) is 20.3 Å². The van der Waals surface area contributed by atoms with E-state index >= 15 is 0 Å². The van der Waals surface area contributed by atoms with Crippen molar-refractivity contribution in [2.24, 2.45) is 0 Å². The molecule has 2 rings (SSSR count). The second-order valence-corrected chi connectivity index (χ2v) is 3.57. The first-order valence-electron chi connectivity index (χ1n) is 5.20. The molecule has 2 heterocycles. The molecule has 0 aliphatic heterocycles. The Morgan fingerprint density at radius 3 is 2.81 bits per heavy atom. The summed E-state index contributed by atoms with van der Waals surface area (Å²) in [6.07, 6.45) is 1.76. The van der Waals surface area contributed by atoms with E-state index in [1.54, 1.807) is 6.20 Å². The van der Waals surface area contributed by atoms with E-state index in [1.165, 1.54) is 0 Å². The van der Waals surface area contributed by atoms with Crippen LogP contribution in [0.15, 0.2) is 30.5 Å². The predicted octanol–water partition coefficient (Wildman–Crippen LogP) is 1.57. The van der Waals surface area contributed by atoms with Gasteiger partial charge in [0.2, 0.25) is 0 Å². The van der Waals surface area contributed by atoms with Crippen molar-refractivity contribution < 1.29 is 0 Å². The Morgan fingerprint density at radius 2 is 2.06 bits per heavy atom. The topological polar surface area (TPSA) is 50.7 Å². The van der Waals surface area contributed by atoms with Crippen LogP contribution in [0.25, 0.3) is 11.5 Å². The van der Waals surface area contributed by atoms with Gasteiger partial charge in [-0.2, -0.15) is 0 Å². The summed E-state index contributed by atoms with van der Waals surface area (Å²) in [7, 11) is 1.90. The number of nitrogens with one attached hydrogen (secondary N) is 1. The molecule has 2 aromatic heterocycles. The fourth-order valence-electron chi connectivity index (χ4n) is 1.47. The van der Waals surface area contributed by atoms with Gasteiger partial charge in [-0.25, -0.2) is 15.0 Å². The average Bonchev–Trinajstić information content (AvgIpc) is 2.30.